The minimum Gasteiger partial charge on any atom is -0.462 e. The summed E-state index contributed by atoms with van der Waals surface area (Å²) in [6, 6.07) is 0. The Bertz CT molecular complexity index is 1160. The van der Waals surface area contributed by atoms with Gasteiger partial charge in [-0.15, -0.1) is 0 Å². The van der Waals surface area contributed by atoms with Crippen molar-refractivity contribution in [1.82, 2.24) is 0 Å². The Labute approximate surface area is 376 Å². The van der Waals surface area contributed by atoms with E-state index in [1.165, 1.54) is 116 Å². The number of rotatable bonds is 45. The molecule has 350 valence electrons. The van der Waals surface area contributed by atoms with Crippen LogP contribution in [0.15, 0.2) is 72.9 Å². The Balaban J connectivity index is 4.34. The molecular weight excluding hydrogens is 757 g/mol. The molecule has 1 atom stereocenters. The van der Waals surface area contributed by atoms with Crippen LogP contribution in [0.25, 0.3) is 0 Å². The third-order valence-corrected chi connectivity index (χ3v) is 10.7. The number of carbonyl (C=O) groups excluding carboxylic acids is 3. The molecule has 0 aromatic carbocycles. The van der Waals surface area contributed by atoms with Gasteiger partial charge >= 0.3 is 17.9 Å². The predicted molar refractivity (Wildman–Crippen MR) is 261 cm³/mol. The topological polar surface area (TPSA) is 78.9 Å². The number of esters is 3. The lowest BCUT2D eigenvalue weighted by Crippen LogP contribution is -2.30. The van der Waals surface area contributed by atoms with Gasteiger partial charge in [-0.2, -0.15) is 0 Å². The fourth-order valence-electron chi connectivity index (χ4n) is 6.88. The van der Waals surface area contributed by atoms with Crippen LogP contribution in [0.4, 0.5) is 0 Å². The van der Waals surface area contributed by atoms with Crippen molar-refractivity contribution in [3.8, 4) is 0 Å². The number of carbonyl (C=O) groups is 3. The van der Waals surface area contributed by atoms with E-state index in [1.807, 2.05) is 0 Å². The average molecular weight is 851 g/mol. The number of hydrogen-bond acceptors (Lipinski definition) is 6. The largest absolute Gasteiger partial charge is 0.462 e. The van der Waals surface area contributed by atoms with Gasteiger partial charge in [0.05, 0.1) is 0 Å². The second kappa shape index (κ2) is 49.5. The highest BCUT2D eigenvalue weighted by atomic mass is 16.6. The van der Waals surface area contributed by atoms with Crippen LogP contribution < -0.4 is 0 Å². The molecule has 0 bridgehead atoms. The van der Waals surface area contributed by atoms with Gasteiger partial charge < -0.3 is 14.2 Å². The number of allylic oxidation sites excluding steroid dienone is 12. The summed E-state index contributed by atoms with van der Waals surface area (Å²) in [7, 11) is 0. The maximum absolute atomic E-state index is 12.7. The fraction of sp³-hybridized carbons (Fsp3) is 0.727. The van der Waals surface area contributed by atoms with Crippen molar-refractivity contribution in [1.29, 1.82) is 0 Å². The second-order valence-corrected chi connectivity index (χ2v) is 16.7. The van der Waals surface area contributed by atoms with Crippen LogP contribution in [-0.2, 0) is 28.6 Å². The summed E-state index contributed by atoms with van der Waals surface area (Å²) in [5.41, 5.74) is 0. The molecule has 0 amide bonds. The molecule has 0 spiro atoms. The van der Waals surface area contributed by atoms with Crippen LogP contribution in [0.2, 0.25) is 0 Å². The zero-order valence-electron chi connectivity index (χ0n) is 39.9. The minimum atomic E-state index is -0.802. The summed E-state index contributed by atoms with van der Waals surface area (Å²) in [4.78, 5) is 37.8. The number of unbranched alkanes of at least 4 members (excludes halogenated alkanes) is 22. The maximum atomic E-state index is 12.7. The van der Waals surface area contributed by atoms with E-state index in [2.05, 4.69) is 93.7 Å². The predicted octanol–water partition coefficient (Wildman–Crippen LogP) is 16.6. The van der Waals surface area contributed by atoms with Crippen molar-refractivity contribution in [2.24, 2.45) is 0 Å². The summed E-state index contributed by atoms with van der Waals surface area (Å²) in [6.07, 6.45) is 61.9. The molecule has 6 heteroatoms. The molecule has 0 saturated heterocycles. The summed E-state index contributed by atoms with van der Waals surface area (Å²) in [5.74, 6) is -0.965. The Morgan fingerprint density at radius 2 is 0.656 bits per heavy atom. The van der Waals surface area contributed by atoms with E-state index in [0.717, 1.165) is 77.0 Å². The van der Waals surface area contributed by atoms with Crippen molar-refractivity contribution in [3.05, 3.63) is 72.9 Å². The molecule has 0 saturated carbocycles. The fourth-order valence-corrected chi connectivity index (χ4v) is 6.88. The molecule has 0 aromatic heterocycles. The molecular formula is C55H94O6. The van der Waals surface area contributed by atoms with Gasteiger partial charge in [-0.25, -0.2) is 0 Å². The summed E-state index contributed by atoms with van der Waals surface area (Å²) in [5, 5.41) is 0. The van der Waals surface area contributed by atoms with Crippen molar-refractivity contribution in [2.45, 2.75) is 245 Å². The molecule has 61 heavy (non-hydrogen) atoms. The Morgan fingerprint density at radius 3 is 1.07 bits per heavy atom. The van der Waals surface area contributed by atoms with Crippen LogP contribution in [0, 0.1) is 0 Å². The first-order valence-electron chi connectivity index (χ1n) is 25.4. The lowest BCUT2D eigenvalue weighted by molar-refractivity contribution is -0.167. The van der Waals surface area contributed by atoms with Crippen LogP contribution in [-0.4, -0.2) is 37.2 Å². The maximum Gasteiger partial charge on any atom is 0.306 e. The second-order valence-electron chi connectivity index (χ2n) is 16.7. The van der Waals surface area contributed by atoms with E-state index >= 15 is 0 Å². The third-order valence-electron chi connectivity index (χ3n) is 10.7. The molecule has 0 aliphatic heterocycles. The molecule has 6 nitrogen and oxygen atoms in total. The van der Waals surface area contributed by atoms with Gasteiger partial charge in [0.25, 0.3) is 0 Å². The molecule has 0 N–H and O–H groups in total. The van der Waals surface area contributed by atoms with Crippen LogP contribution in [0.1, 0.15) is 239 Å². The highest BCUT2D eigenvalue weighted by molar-refractivity contribution is 5.71. The highest BCUT2D eigenvalue weighted by Crippen LogP contribution is 2.14. The average Bonchev–Trinajstić information content (AvgIpc) is 3.26. The van der Waals surface area contributed by atoms with E-state index in [-0.39, 0.29) is 37.5 Å². The van der Waals surface area contributed by atoms with E-state index in [9.17, 15) is 14.4 Å². The summed E-state index contributed by atoms with van der Waals surface area (Å²) < 4.78 is 16.7. The van der Waals surface area contributed by atoms with Gasteiger partial charge in [-0.1, -0.05) is 209 Å². The molecule has 0 aliphatic carbocycles. The van der Waals surface area contributed by atoms with Gasteiger partial charge in [0.15, 0.2) is 6.10 Å². The van der Waals surface area contributed by atoms with Crippen LogP contribution in [0.5, 0.6) is 0 Å². The molecule has 0 rings (SSSR count). The zero-order chi connectivity index (χ0) is 44.4. The van der Waals surface area contributed by atoms with Gasteiger partial charge in [0.1, 0.15) is 13.2 Å². The SMILES string of the molecule is CC/C=C\C/C=C\C/C=C\C/C=C\C/C=C\CCCC(=O)OC(COC(=O)CCCCCCCCC)COC(=O)CCCCCCCCCCC/C=C\CCCCCCCC. The summed E-state index contributed by atoms with van der Waals surface area (Å²) >= 11 is 0. The first kappa shape index (κ1) is 57.9. The minimum absolute atomic E-state index is 0.0981. The Morgan fingerprint density at radius 1 is 0.344 bits per heavy atom. The molecule has 0 radical (unpaired) electrons. The Kier molecular flexibility index (Phi) is 46.9. The van der Waals surface area contributed by atoms with Crippen molar-refractivity contribution >= 4 is 17.9 Å². The smallest absolute Gasteiger partial charge is 0.306 e. The lowest BCUT2D eigenvalue weighted by Gasteiger charge is -2.18. The van der Waals surface area contributed by atoms with Crippen molar-refractivity contribution in [2.75, 3.05) is 13.2 Å². The van der Waals surface area contributed by atoms with Crippen LogP contribution >= 0.6 is 0 Å². The van der Waals surface area contributed by atoms with Gasteiger partial charge in [-0.05, 0) is 83.5 Å². The lowest BCUT2D eigenvalue weighted by atomic mass is 10.1. The Hall–Kier alpha value is -3.15. The molecule has 1 unspecified atom stereocenters. The van der Waals surface area contributed by atoms with E-state index < -0.39 is 6.10 Å². The monoisotopic (exact) mass is 851 g/mol. The molecule has 0 aromatic rings. The van der Waals surface area contributed by atoms with E-state index in [4.69, 9.17) is 14.2 Å². The van der Waals surface area contributed by atoms with E-state index in [0.29, 0.717) is 19.3 Å². The number of hydrogen-bond donors (Lipinski definition) is 0. The standard InChI is InChI=1S/C55H94O6/c1-4-7-10-13-16-18-20-22-24-26-27-29-30-32-34-36-39-42-45-48-54(57)60-51-52(50-59-53(56)47-44-41-38-15-12-9-6-3)61-55(58)49-46-43-40-37-35-33-31-28-25-23-21-19-17-14-11-8-5-2/h8,11,17,19,22-25,31,33,37,40,52H,4-7,9-10,12-16,18,20-21,26-30,32,34-36,38-39,41-51H2,1-3H3/b11-8-,19-17-,24-22-,25-23-,33-31-,40-37-. The van der Waals surface area contributed by atoms with E-state index in [1.54, 1.807) is 0 Å². The highest BCUT2D eigenvalue weighted by Gasteiger charge is 2.19. The normalized spacial score (nSPS) is 12.6. The number of ether oxygens (including phenoxy) is 3. The molecule has 0 heterocycles. The van der Waals surface area contributed by atoms with Gasteiger partial charge in [0.2, 0.25) is 0 Å². The van der Waals surface area contributed by atoms with Crippen molar-refractivity contribution in [3.63, 3.8) is 0 Å². The quantitative estimate of drug-likeness (QED) is 0.0263. The zero-order valence-corrected chi connectivity index (χ0v) is 39.9. The van der Waals surface area contributed by atoms with Gasteiger partial charge in [-0.3, -0.25) is 14.4 Å². The van der Waals surface area contributed by atoms with Crippen molar-refractivity contribution < 1.29 is 28.6 Å². The van der Waals surface area contributed by atoms with Crippen LogP contribution in [0.3, 0.4) is 0 Å². The first-order chi connectivity index (χ1) is 30.0. The summed E-state index contributed by atoms with van der Waals surface area (Å²) in [6.45, 7) is 6.43. The molecule has 0 aliphatic rings. The van der Waals surface area contributed by atoms with Gasteiger partial charge in [0, 0.05) is 19.3 Å². The molecule has 0 fully saturated rings. The first-order valence-corrected chi connectivity index (χ1v) is 25.4. The third kappa shape index (κ3) is 47.7.